The zero-order chi connectivity index (χ0) is 18.4. The Balaban J connectivity index is 1.55. The zero-order valence-electron chi connectivity index (χ0n) is 14.7. The molecule has 0 unspecified atom stereocenters. The van der Waals surface area contributed by atoms with Crippen LogP contribution in [-0.2, 0) is 16.0 Å². The highest BCUT2D eigenvalue weighted by Crippen LogP contribution is 2.17. The molecular formula is C22H21NO3. The summed E-state index contributed by atoms with van der Waals surface area (Å²) in [6.07, 6.45) is 1.08. The number of ether oxygens (including phenoxy) is 1. The molecule has 0 radical (unpaired) electrons. The van der Waals surface area contributed by atoms with Gasteiger partial charge in [-0.05, 0) is 53.9 Å². The maximum Gasteiger partial charge on any atom is 0.338 e. The third kappa shape index (κ3) is 4.48. The van der Waals surface area contributed by atoms with E-state index in [0.29, 0.717) is 30.7 Å². The minimum atomic E-state index is -0.360. The number of amides is 1. The van der Waals surface area contributed by atoms with Crippen LogP contribution in [0.15, 0.2) is 66.7 Å². The molecule has 1 N–H and O–H groups in total. The van der Waals surface area contributed by atoms with Gasteiger partial charge in [0.05, 0.1) is 12.2 Å². The smallest absolute Gasteiger partial charge is 0.338 e. The van der Waals surface area contributed by atoms with Gasteiger partial charge in [-0.25, -0.2) is 4.79 Å². The number of esters is 1. The van der Waals surface area contributed by atoms with E-state index in [1.54, 1.807) is 31.2 Å². The first kappa shape index (κ1) is 17.7. The molecule has 0 aliphatic rings. The molecule has 0 aliphatic heterocycles. The van der Waals surface area contributed by atoms with Crippen molar-refractivity contribution in [2.24, 2.45) is 0 Å². The third-order valence-electron chi connectivity index (χ3n) is 4.13. The van der Waals surface area contributed by atoms with Crippen molar-refractivity contribution in [2.45, 2.75) is 19.8 Å². The Morgan fingerprint density at radius 2 is 1.65 bits per heavy atom. The maximum absolute atomic E-state index is 12.2. The quantitative estimate of drug-likeness (QED) is 0.664. The summed E-state index contributed by atoms with van der Waals surface area (Å²) >= 11 is 0. The van der Waals surface area contributed by atoms with Crippen LogP contribution in [0.1, 0.15) is 29.3 Å². The van der Waals surface area contributed by atoms with Crippen LogP contribution in [0, 0.1) is 0 Å². The van der Waals surface area contributed by atoms with E-state index < -0.39 is 0 Å². The topological polar surface area (TPSA) is 55.4 Å². The van der Waals surface area contributed by atoms with Gasteiger partial charge in [-0.3, -0.25) is 4.79 Å². The predicted molar refractivity (Wildman–Crippen MR) is 103 cm³/mol. The Morgan fingerprint density at radius 3 is 2.38 bits per heavy atom. The van der Waals surface area contributed by atoms with Crippen LogP contribution in [0.3, 0.4) is 0 Å². The van der Waals surface area contributed by atoms with Crippen molar-refractivity contribution >= 4 is 28.3 Å². The van der Waals surface area contributed by atoms with Crippen LogP contribution in [0.5, 0.6) is 0 Å². The van der Waals surface area contributed by atoms with Gasteiger partial charge in [0, 0.05) is 12.1 Å². The molecule has 4 heteroatoms. The first-order chi connectivity index (χ1) is 12.7. The van der Waals surface area contributed by atoms with Crippen LogP contribution >= 0.6 is 0 Å². The highest BCUT2D eigenvalue weighted by molar-refractivity contribution is 5.93. The van der Waals surface area contributed by atoms with Gasteiger partial charge >= 0.3 is 5.97 Å². The molecule has 1 amide bonds. The molecule has 3 aromatic carbocycles. The Bertz CT molecular complexity index is 916. The van der Waals surface area contributed by atoms with Gasteiger partial charge in [0.2, 0.25) is 5.91 Å². The lowest BCUT2D eigenvalue weighted by molar-refractivity contribution is -0.116. The standard InChI is InChI=1S/C22H21NO3/c1-2-26-22(25)18-10-12-20(13-11-18)23-21(24)14-8-16-7-9-17-5-3-4-6-19(17)15-16/h3-7,9-13,15H,2,8,14H2,1H3,(H,23,24). The average molecular weight is 347 g/mol. The number of carbonyl (C=O) groups is 2. The molecule has 0 atom stereocenters. The molecule has 0 bridgehead atoms. The number of nitrogens with one attached hydrogen (secondary N) is 1. The van der Waals surface area contributed by atoms with Crippen LogP contribution in [0.25, 0.3) is 10.8 Å². The maximum atomic E-state index is 12.2. The molecule has 4 nitrogen and oxygen atoms in total. The lowest BCUT2D eigenvalue weighted by atomic mass is 10.0. The summed E-state index contributed by atoms with van der Waals surface area (Å²) in [7, 11) is 0. The van der Waals surface area contributed by atoms with Crippen molar-refractivity contribution in [3.8, 4) is 0 Å². The molecular weight excluding hydrogens is 326 g/mol. The monoisotopic (exact) mass is 347 g/mol. The number of carbonyl (C=O) groups excluding carboxylic acids is 2. The molecule has 0 saturated carbocycles. The van der Waals surface area contributed by atoms with Gasteiger partial charge < -0.3 is 10.1 Å². The zero-order valence-corrected chi connectivity index (χ0v) is 14.7. The lowest BCUT2D eigenvalue weighted by Crippen LogP contribution is -2.12. The minimum Gasteiger partial charge on any atom is -0.462 e. The van der Waals surface area contributed by atoms with Crippen LogP contribution in [-0.4, -0.2) is 18.5 Å². The normalized spacial score (nSPS) is 10.5. The Hall–Kier alpha value is -3.14. The number of anilines is 1. The summed E-state index contributed by atoms with van der Waals surface area (Å²) in [4.78, 5) is 23.8. The largest absolute Gasteiger partial charge is 0.462 e. The summed E-state index contributed by atoms with van der Waals surface area (Å²) < 4.78 is 4.94. The first-order valence-corrected chi connectivity index (χ1v) is 8.70. The molecule has 26 heavy (non-hydrogen) atoms. The van der Waals surface area contributed by atoms with E-state index >= 15 is 0 Å². The Kier molecular flexibility index (Phi) is 5.64. The SMILES string of the molecule is CCOC(=O)c1ccc(NC(=O)CCc2ccc3ccccc3c2)cc1. The molecule has 132 valence electrons. The molecule has 0 aromatic heterocycles. The van der Waals surface area contributed by atoms with E-state index in [0.717, 1.165) is 5.56 Å². The average Bonchev–Trinajstić information content (AvgIpc) is 2.67. The summed E-state index contributed by atoms with van der Waals surface area (Å²) in [6, 6.07) is 21.2. The van der Waals surface area contributed by atoms with Crippen molar-refractivity contribution < 1.29 is 14.3 Å². The summed E-state index contributed by atoms with van der Waals surface area (Å²) in [5, 5.41) is 5.23. The fourth-order valence-corrected chi connectivity index (χ4v) is 2.78. The number of benzene rings is 3. The highest BCUT2D eigenvalue weighted by atomic mass is 16.5. The van der Waals surface area contributed by atoms with E-state index in [-0.39, 0.29) is 11.9 Å². The minimum absolute atomic E-state index is 0.0537. The number of hydrogen-bond acceptors (Lipinski definition) is 3. The molecule has 0 spiro atoms. The molecule has 0 saturated heterocycles. The van der Waals surface area contributed by atoms with Crippen molar-refractivity contribution in [2.75, 3.05) is 11.9 Å². The van der Waals surface area contributed by atoms with Gasteiger partial charge in [0.15, 0.2) is 0 Å². The van der Waals surface area contributed by atoms with E-state index in [1.165, 1.54) is 10.8 Å². The van der Waals surface area contributed by atoms with Gasteiger partial charge in [-0.1, -0.05) is 42.5 Å². The van der Waals surface area contributed by atoms with Gasteiger partial charge in [0.1, 0.15) is 0 Å². The second-order valence-corrected chi connectivity index (χ2v) is 6.03. The van der Waals surface area contributed by atoms with E-state index in [9.17, 15) is 9.59 Å². The van der Waals surface area contributed by atoms with Crippen molar-refractivity contribution in [1.29, 1.82) is 0 Å². The van der Waals surface area contributed by atoms with Crippen molar-refractivity contribution in [1.82, 2.24) is 0 Å². The van der Waals surface area contributed by atoms with E-state index in [4.69, 9.17) is 4.74 Å². The van der Waals surface area contributed by atoms with Gasteiger partial charge in [-0.15, -0.1) is 0 Å². The number of rotatable bonds is 6. The first-order valence-electron chi connectivity index (χ1n) is 8.70. The second kappa shape index (κ2) is 8.30. The Labute approximate surface area is 152 Å². The van der Waals surface area contributed by atoms with Crippen LogP contribution < -0.4 is 5.32 Å². The van der Waals surface area contributed by atoms with Crippen LogP contribution in [0.4, 0.5) is 5.69 Å². The molecule has 0 aliphatic carbocycles. The number of fused-ring (bicyclic) bond motifs is 1. The summed E-state index contributed by atoms with van der Waals surface area (Å²) in [6.45, 7) is 2.11. The third-order valence-corrected chi connectivity index (χ3v) is 4.13. The molecule has 0 fully saturated rings. The van der Waals surface area contributed by atoms with Gasteiger partial charge in [-0.2, -0.15) is 0 Å². The van der Waals surface area contributed by atoms with Crippen LogP contribution in [0.2, 0.25) is 0 Å². The van der Waals surface area contributed by atoms with Crippen molar-refractivity contribution in [3.05, 3.63) is 77.9 Å². The molecule has 3 rings (SSSR count). The summed E-state index contributed by atoms with van der Waals surface area (Å²) in [5.74, 6) is -0.413. The molecule has 3 aromatic rings. The fourth-order valence-electron chi connectivity index (χ4n) is 2.78. The predicted octanol–water partition coefficient (Wildman–Crippen LogP) is 4.59. The molecule has 0 heterocycles. The van der Waals surface area contributed by atoms with Gasteiger partial charge in [0.25, 0.3) is 0 Å². The highest BCUT2D eigenvalue weighted by Gasteiger charge is 2.07. The number of aryl methyl sites for hydroxylation is 1. The Morgan fingerprint density at radius 1 is 0.923 bits per heavy atom. The lowest BCUT2D eigenvalue weighted by Gasteiger charge is -2.07. The van der Waals surface area contributed by atoms with Crippen molar-refractivity contribution in [3.63, 3.8) is 0 Å². The number of hydrogen-bond donors (Lipinski definition) is 1. The van der Waals surface area contributed by atoms with E-state index in [2.05, 4.69) is 35.6 Å². The summed E-state index contributed by atoms with van der Waals surface area (Å²) in [5.41, 5.74) is 2.28. The second-order valence-electron chi connectivity index (χ2n) is 6.03. The fraction of sp³-hybridized carbons (Fsp3) is 0.182. The van der Waals surface area contributed by atoms with E-state index in [1.807, 2.05) is 12.1 Å².